The van der Waals surface area contributed by atoms with Crippen molar-refractivity contribution in [2.45, 2.75) is 77.8 Å². The van der Waals surface area contributed by atoms with Gasteiger partial charge in [0.1, 0.15) is 11.5 Å². The van der Waals surface area contributed by atoms with Gasteiger partial charge in [0.25, 0.3) is 0 Å². The maximum Gasteiger partial charge on any atom is 0.608 e. The van der Waals surface area contributed by atoms with Crippen LogP contribution >= 0.6 is 18.6 Å². The van der Waals surface area contributed by atoms with Gasteiger partial charge in [-0.05, 0) is 81.6 Å². The van der Waals surface area contributed by atoms with Crippen molar-refractivity contribution in [2.24, 2.45) is 0 Å². The van der Waals surface area contributed by atoms with Crippen LogP contribution in [0.3, 0.4) is 0 Å². The molecule has 1 aliphatic heterocycles. The molecule has 1 aromatic rings. The van der Waals surface area contributed by atoms with E-state index in [1.807, 2.05) is 24.3 Å². The van der Waals surface area contributed by atoms with Crippen molar-refractivity contribution < 1.29 is 9.31 Å². The molecule has 0 N–H and O–H groups in total. The Kier molecular flexibility index (Phi) is 4.36. The minimum atomic E-state index is -2.01. The van der Waals surface area contributed by atoms with Gasteiger partial charge < -0.3 is 9.31 Å². The summed E-state index contributed by atoms with van der Waals surface area (Å²) in [4.78, 5) is 0. The van der Waals surface area contributed by atoms with Crippen LogP contribution in [0.15, 0.2) is 24.3 Å². The van der Waals surface area contributed by atoms with Gasteiger partial charge in [-0.25, -0.2) is 11.5 Å². The molecule has 0 atom stereocenters. The molecular weight excluding hydrogens is 325 g/mol. The van der Waals surface area contributed by atoms with Gasteiger partial charge >= 0.3 is 5.69 Å². The van der Waals surface area contributed by atoms with Gasteiger partial charge in [-0.1, -0.05) is 12.1 Å². The molecule has 5 heteroatoms. The lowest BCUT2D eigenvalue weighted by Gasteiger charge is -2.62. The number of benzene rings is 1. The lowest BCUT2D eigenvalue weighted by molar-refractivity contribution is 0.498. The number of para-hydroxylation sites is 2. The van der Waals surface area contributed by atoms with Crippen molar-refractivity contribution in [3.8, 4) is 11.5 Å². The Morgan fingerprint density at radius 2 is 1.04 bits per heavy atom. The molecule has 0 amide bonds. The summed E-state index contributed by atoms with van der Waals surface area (Å²) < 4.78 is 12.8. The molecule has 1 aliphatic rings. The molecule has 130 valence electrons. The van der Waals surface area contributed by atoms with E-state index in [1.165, 1.54) is 0 Å². The van der Waals surface area contributed by atoms with Crippen molar-refractivity contribution >= 4 is 24.3 Å². The maximum absolute atomic E-state index is 7.28. The SMILES string of the molecule is CC(C)(C)[P+]([B-]1(Cl)Oc2ccccc2O1)(C(C)(C)C)C(C)(C)C. The van der Waals surface area contributed by atoms with Crippen molar-refractivity contribution in [3.05, 3.63) is 24.3 Å². The van der Waals surface area contributed by atoms with Crippen LogP contribution in [-0.4, -0.2) is 21.2 Å². The van der Waals surface area contributed by atoms with E-state index in [0.717, 1.165) is 11.5 Å². The number of hydrogen-bond acceptors (Lipinski definition) is 2. The largest absolute Gasteiger partial charge is 0.633 e. The van der Waals surface area contributed by atoms with E-state index >= 15 is 0 Å². The zero-order valence-electron chi connectivity index (χ0n) is 16.0. The Bertz CT molecular complexity index is 535. The number of fused-ring (bicyclic) bond motifs is 1. The third-order valence-electron chi connectivity index (χ3n) is 5.03. The summed E-state index contributed by atoms with van der Waals surface area (Å²) in [6, 6.07) is 7.83. The van der Waals surface area contributed by atoms with Crippen LogP contribution in [0.5, 0.6) is 11.5 Å². The molecule has 0 aliphatic carbocycles. The Hall–Kier alpha value is -0.395. The summed E-state index contributed by atoms with van der Waals surface area (Å²) in [7, 11) is -2.01. The van der Waals surface area contributed by atoms with E-state index in [-0.39, 0.29) is 15.5 Å². The average molecular weight is 357 g/mol. The minimum Gasteiger partial charge on any atom is -0.633 e. The topological polar surface area (TPSA) is 18.5 Å². The van der Waals surface area contributed by atoms with Crippen molar-refractivity contribution in [1.82, 2.24) is 0 Å². The van der Waals surface area contributed by atoms with Crippen LogP contribution < -0.4 is 9.31 Å². The number of halogens is 1. The molecule has 1 heterocycles. The fourth-order valence-corrected chi connectivity index (χ4v) is 17.7. The third kappa shape index (κ3) is 2.59. The lowest BCUT2D eigenvalue weighted by atomic mass is 10.2. The van der Waals surface area contributed by atoms with E-state index in [1.54, 1.807) is 0 Å². The highest BCUT2D eigenvalue weighted by Gasteiger charge is 2.76. The summed E-state index contributed by atoms with van der Waals surface area (Å²) in [5.74, 6) is 1.54. The monoisotopic (exact) mass is 356 g/mol. The molecule has 23 heavy (non-hydrogen) atoms. The highest BCUT2D eigenvalue weighted by molar-refractivity contribution is 8.14. The van der Waals surface area contributed by atoms with Gasteiger partial charge in [0.15, 0.2) is 0 Å². The van der Waals surface area contributed by atoms with Crippen LogP contribution in [0.25, 0.3) is 0 Å². The molecular formula is C18H31BClO2P. The Morgan fingerprint density at radius 3 is 1.30 bits per heavy atom. The fraction of sp³-hybridized carbons (Fsp3) is 0.667. The van der Waals surface area contributed by atoms with Gasteiger partial charge in [0, 0.05) is 15.5 Å². The summed E-state index contributed by atoms with van der Waals surface area (Å²) in [6.07, 6.45) is 0. The standard InChI is InChI=1S/C18H31BClO2P/c1-16(2,3)23(17(4,5)6,18(7,8)9)19(20)21-14-12-10-11-13-15(14)22-19/h10-13H,1-9H3. The van der Waals surface area contributed by atoms with Crippen LogP contribution in [-0.2, 0) is 0 Å². The third-order valence-corrected chi connectivity index (χ3v) is 13.6. The predicted molar refractivity (Wildman–Crippen MR) is 105 cm³/mol. The van der Waals surface area contributed by atoms with Gasteiger partial charge in [-0.3, -0.25) is 0 Å². The van der Waals surface area contributed by atoms with Gasteiger partial charge in [-0.15, -0.1) is 0 Å². The number of hydrogen-bond donors (Lipinski definition) is 0. The van der Waals surface area contributed by atoms with E-state index in [2.05, 4.69) is 62.3 Å². The van der Waals surface area contributed by atoms with E-state index in [0.29, 0.717) is 0 Å². The van der Waals surface area contributed by atoms with Crippen LogP contribution in [0.2, 0.25) is 0 Å². The molecule has 0 unspecified atom stereocenters. The van der Waals surface area contributed by atoms with Gasteiger partial charge in [0.2, 0.25) is 0 Å². The molecule has 0 saturated carbocycles. The van der Waals surface area contributed by atoms with Crippen molar-refractivity contribution in [1.29, 1.82) is 0 Å². The second-order valence-electron chi connectivity index (χ2n) is 9.50. The fourth-order valence-electron chi connectivity index (χ4n) is 5.55. The summed E-state index contributed by atoms with van der Waals surface area (Å²) in [5, 5.41) is -0.0616. The molecule has 0 fully saturated rings. The first-order valence-corrected chi connectivity index (χ1v) is 10.6. The van der Waals surface area contributed by atoms with E-state index in [9.17, 15) is 0 Å². The van der Waals surface area contributed by atoms with Crippen molar-refractivity contribution in [2.75, 3.05) is 0 Å². The van der Waals surface area contributed by atoms with E-state index in [4.69, 9.17) is 20.8 Å². The highest BCUT2D eigenvalue weighted by Crippen LogP contribution is 2.89. The van der Waals surface area contributed by atoms with Crippen LogP contribution in [0, 0.1) is 0 Å². The van der Waals surface area contributed by atoms with Gasteiger partial charge in [0.05, 0.1) is 0 Å². The molecule has 2 rings (SSSR count). The Labute approximate surface area is 147 Å². The average Bonchev–Trinajstić information content (AvgIpc) is 2.58. The summed E-state index contributed by atoms with van der Waals surface area (Å²) in [6.45, 7) is 20.6. The smallest absolute Gasteiger partial charge is 0.608 e. The molecule has 1 aromatic carbocycles. The molecule has 2 nitrogen and oxygen atoms in total. The summed E-state index contributed by atoms with van der Waals surface area (Å²) >= 11 is 7.28. The van der Waals surface area contributed by atoms with Crippen molar-refractivity contribution in [3.63, 3.8) is 0 Å². The normalized spacial score (nSPS) is 18.2. The maximum atomic E-state index is 7.28. The van der Waals surface area contributed by atoms with Gasteiger partial charge in [-0.2, -0.15) is 0 Å². The molecule has 0 radical (unpaired) electrons. The van der Waals surface area contributed by atoms with Crippen LogP contribution in [0.1, 0.15) is 62.3 Å². The first-order chi connectivity index (χ1) is 10.2. The summed E-state index contributed by atoms with van der Waals surface area (Å²) in [5.41, 5.74) is -1.98. The zero-order chi connectivity index (χ0) is 17.9. The molecule has 0 bridgehead atoms. The molecule has 0 saturated heterocycles. The Balaban J connectivity index is 2.75. The predicted octanol–water partition coefficient (Wildman–Crippen LogP) is 6.55. The molecule has 0 spiro atoms. The first kappa shape index (κ1) is 18.9. The second-order valence-corrected chi connectivity index (χ2v) is 16.5. The first-order valence-electron chi connectivity index (χ1n) is 8.35. The highest BCUT2D eigenvalue weighted by atomic mass is 35.5. The zero-order valence-corrected chi connectivity index (χ0v) is 17.7. The lowest BCUT2D eigenvalue weighted by Crippen LogP contribution is -2.60. The number of rotatable bonds is 1. The quantitative estimate of drug-likeness (QED) is 0.420. The van der Waals surface area contributed by atoms with E-state index < -0.39 is 12.8 Å². The molecule has 0 aromatic heterocycles. The Morgan fingerprint density at radius 1 is 0.739 bits per heavy atom. The van der Waals surface area contributed by atoms with Crippen LogP contribution in [0.4, 0.5) is 0 Å². The minimum absolute atomic E-state index is 0.0205. The second kappa shape index (κ2) is 5.30.